The Morgan fingerprint density at radius 3 is 2.70 bits per heavy atom. The molecular weight excluding hydrogens is 310 g/mol. The molecule has 0 radical (unpaired) electrons. The largest absolute Gasteiger partial charge is 0.436 e. The fraction of sp³-hybridized carbons (Fsp3) is 0.222. The lowest BCUT2D eigenvalue weighted by molar-refractivity contribution is 0.617. The zero-order valence-electron chi connectivity index (χ0n) is 13.4. The summed E-state index contributed by atoms with van der Waals surface area (Å²) in [7, 11) is 0. The second-order valence-electron chi connectivity index (χ2n) is 5.69. The first kappa shape index (κ1) is 15.6. The zero-order valence-corrected chi connectivity index (χ0v) is 14.1. The molecule has 4 nitrogen and oxygen atoms in total. The molecule has 0 atom stereocenters. The van der Waals surface area contributed by atoms with Crippen LogP contribution >= 0.6 is 11.6 Å². The van der Waals surface area contributed by atoms with Crippen molar-refractivity contribution in [1.82, 2.24) is 4.98 Å². The van der Waals surface area contributed by atoms with Gasteiger partial charge in [-0.15, -0.1) is 11.6 Å². The Morgan fingerprint density at radius 1 is 1.17 bits per heavy atom. The average molecular weight is 328 g/mol. The van der Waals surface area contributed by atoms with E-state index in [1.54, 1.807) is 0 Å². The summed E-state index contributed by atoms with van der Waals surface area (Å²) in [5.41, 5.74) is 12.3. The Labute approximate surface area is 140 Å². The highest BCUT2D eigenvalue weighted by atomic mass is 35.5. The van der Waals surface area contributed by atoms with Gasteiger partial charge >= 0.3 is 0 Å². The number of hydrogen-bond acceptors (Lipinski definition) is 3. The number of hydrogen-bond donors (Lipinski definition) is 1. The highest BCUT2D eigenvalue weighted by molar-refractivity contribution is 6.28. The minimum atomic E-state index is 0.199. The van der Waals surface area contributed by atoms with Crippen LogP contribution in [0.1, 0.15) is 16.7 Å². The summed E-state index contributed by atoms with van der Waals surface area (Å²) in [6.45, 7) is 6.05. The number of aromatic nitrogens is 1. The second-order valence-corrected chi connectivity index (χ2v) is 5.95. The molecule has 0 spiro atoms. The van der Waals surface area contributed by atoms with Crippen LogP contribution in [0.4, 0.5) is 5.69 Å². The van der Waals surface area contributed by atoms with Crippen molar-refractivity contribution >= 4 is 34.2 Å². The molecule has 0 amide bonds. The summed E-state index contributed by atoms with van der Waals surface area (Å²) in [5, 5.41) is 0. The number of oxazole rings is 1. The molecule has 118 valence electrons. The van der Waals surface area contributed by atoms with Gasteiger partial charge in [0.2, 0.25) is 5.89 Å². The quantitative estimate of drug-likeness (QED) is 0.432. The fourth-order valence-corrected chi connectivity index (χ4v) is 2.61. The first-order valence-electron chi connectivity index (χ1n) is 7.35. The van der Waals surface area contributed by atoms with Crippen LogP contribution in [0.25, 0.3) is 22.6 Å². The molecule has 3 rings (SSSR count). The lowest BCUT2D eigenvalue weighted by atomic mass is 10.1. The van der Waals surface area contributed by atoms with E-state index in [4.69, 9.17) is 21.8 Å². The van der Waals surface area contributed by atoms with Crippen molar-refractivity contribution in [3.63, 3.8) is 0 Å². The van der Waals surface area contributed by atoms with Crippen molar-refractivity contribution in [3.8, 4) is 11.5 Å². The standard InChI is InChI=1S/C18H18ClN3O/c1-10-6-12(3)17-15(7-10)22-18(23-17)13-5-4-11(2)14(8-13)21-16(20)9-19/h4-8H,9H2,1-3H3,(H2,20,21). The molecule has 5 heteroatoms. The van der Waals surface area contributed by atoms with Crippen LogP contribution in [-0.2, 0) is 0 Å². The van der Waals surface area contributed by atoms with E-state index in [2.05, 4.69) is 23.0 Å². The fourth-order valence-electron chi connectivity index (χ4n) is 2.55. The third-order valence-corrected chi connectivity index (χ3v) is 3.95. The molecular formula is C18H18ClN3O. The predicted molar refractivity (Wildman–Crippen MR) is 95.7 cm³/mol. The number of aliphatic imine (C=N–C) groups is 1. The smallest absolute Gasteiger partial charge is 0.227 e. The molecule has 0 saturated heterocycles. The zero-order chi connectivity index (χ0) is 16.6. The number of amidine groups is 1. The van der Waals surface area contributed by atoms with E-state index in [0.717, 1.165) is 33.5 Å². The van der Waals surface area contributed by atoms with Gasteiger partial charge in [0.1, 0.15) is 11.4 Å². The maximum atomic E-state index is 5.95. The van der Waals surface area contributed by atoms with Crippen molar-refractivity contribution in [2.24, 2.45) is 10.7 Å². The molecule has 3 aromatic rings. The van der Waals surface area contributed by atoms with Crippen LogP contribution in [0.15, 0.2) is 39.7 Å². The second kappa shape index (κ2) is 6.05. The highest BCUT2D eigenvalue weighted by Gasteiger charge is 2.12. The summed E-state index contributed by atoms with van der Waals surface area (Å²) < 4.78 is 5.95. The van der Waals surface area contributed by atoms with Gasteiger partial charge in [-0.2, -0.15) is 0 Å². The minimum absolute atomic E-state index is 0.199. The maximum absolute atomic E-state index is 5.95. The van der Waals surface area contributed by atoms with Gasteiger partial charge in [0.25, 0.3) is 0 Å². The summed E-state index contributed by atoms with van der Waals surface area (Å²) in [4.78, 5) is 8.94. The summed E-state index contributed by atoms with van der Waals surface area (Å²) >= 11 is 5.71. The molecule has 0 aliphatic carbocycles. The minimum Gasteiger partial charge on any atom is -0.436 e. The van der Waals surface area contributed by atoms with Crippen LogP contribution < -0.4 is 5.73 Å². The van der Waals surface area contributed by atoms with E-state index >= 15 is 0 Å². The first-order valence-corrected chi connectivity index (χ1v) is 7.89. The van der Waals surface area contributed by atoms with Gasteiger partial charge in [-0.25, -0.2) is 9.98 Å². The van der Waals surface area contributed by atoms with Gasteiger partial charge in [-0.3, -0.25) is 0 Å². The molecule has 1 heterocycles. The number of nitrogens with zero attached hydrogens (tertiary/aromatic N) is 2. The number of halogens is 1. The van der Waals surface area contributed by atoms with Crippen molar-refractivity contribution < 1.29 is 4.42 Å². The Morgan fingerprint density at radius 2 is 1.96 bits per heavy atom. The lowest BCUT2D eigenvalue weighted by Gasteiger charge is -2.03. The van der Waals surface area contributed by atoms with Crippen LogP contribution in [0.3, 0.4) is 0 Å². The van der Waals surface area contributed by atoms with Crippen LogP contribution in [-0.4, -0.2) is 16.7 Å². The number of alkyl halides is 1. The summed E-state index contributed by atoms with van der Waals surface area (Å²) in [6, 6.07) is 9.97. The van der Waals surface area contributed by atoms with E-state index < -0.39 is 0 Å². The average Bonchev–Trinajstić information content (AvgIpc) is 2.93. The van der Waals surface area contributed by atoms with Crippen molar-refractivity contribution in [3.05, 3.63) is 47.0 Å². The van der Waals surface area contributed by atoms with E-state index in [-0.39, 0.29) is 5.88 Å². The highest BCUT2D eigenvalue weighted by Crippen LogP contribution is 2.30. The molecule has 23 heavy (non-hydrogen) atoms. The molecule has 2 N–H and O–H groups in total. The van der Waals surface area contributed by atoms with E-state index in [1.165, 1.54) is 5.56 Å². The first-order chi connectivity index (χ1) is 11.0. The van der Waals surface area contributed by atoms with Gasteiger partial charge in [-0.05, 0) is 55.7 Å². The van der Waals surface area contributed by atoms with E-state index in [9.17, 15) is 0 Å². The third-order valence-electron chi connectivity index (χ3n) is 3.68. The number of fused-ring (bicyclic) bond motifs is 1. The van der Waals surface area contributed by atoms with Gasteiger partial charge in [-0.1, -0.05) is 12.1 Å². The number of aryl methyl sites for hydroxylation is 3. The normalized spacial score (nSPS) is 12.1. The third kappa shape index (κ3) is 3.08. The van der Waals surface area contributed by atoms with Gasteiger partial charge in [0.15, 0.2) is 5.58 Å². The topological polar surface area (TPSA) is 64.4 Å². The molecule has 0 unspecified atom stereocenters. The van der Waals surface area contributed by atoms with Crippen molar-refractivity contribution in [2.45, 2.75) is 20.8 Å². The van der Waals surface area contributed by atoms with E-state index in [1.807, 2.05) is 38.1 Å². The van der Waals surface area contributed by atoms with Crippen molar-refractivity contribution in [1.29, 1.82) is 0 Å². The predicted octanol–water partition coefficient (Wildman–Crippen LogP) is 4.65. The van der Waals surface area contributed by atoms with Gasteiger partial charge < -0.3 is 10.2 Å². The monoisotopic (exact) mass is 327 g/mol. The number of nitrogens with two attached hydrogens (primary N) is 1. The van der Waals surface area contributed by atoms with Crippen LogP contribution in [0.5, 0.6) is 0 Å². The summed E-state index contributed by atoms with van der Waals surface area (Å²) in [6.07, 6.45) is 0. The lowest BCUT2D eigenvalue weighted by Crippen LogP contribution is -2.12. The molecule has 0 fully saturated rings. The Hall–Kier alpha value is -2.33. The molecule has 0 saturated carbocycles. The summed E-state index contributed by atoms with van der Waals surface area (Å²) in [5.74, 6) is 1.16. The molecule has 1 aromatic heterocycles. The Kier molecular flexibility index (Phi) is 4.09. The number of rotatable bonds is 3. The van der Waals surface area contributed by atoms with Crippen LogP contribution in [0, 0.1) is 20.8 Å². The van der Waals surface area contributed by atoms with Gasteiger partial charge in [0.05, 0.1) is 11.6 Å². The Balaban J connectivity index is 2.12. The maximum Gasteiger partial charge on any atom is 0.227 e. The number of benzene rings is 2. The van der Waals surface area contributed by atoms with Crippen molar-refractivity contribution in [2.75, 3.05) is 5.88 Å². The SMILES string of the molecule is Cc1cc(C)c2oc(-c3ccc(C)c(N=C(N)CCl)c3)nc2c1. The molecule has 0 bridgehead atoms. The Bertz CT molecular complexity index is 912. The molecule has 2 aromatic carbocycles. The molecule has 0 aliphatic rings. The van der Waals surface area contributed by atoms with Gasteiger partial charge in [0, 0.05) is 5.56 Å². The molecule has 0 aliphatic heterocycles. The van der Waals surface area contributed by atoms with E-state index in [0.29, 0.717) is 11.7 Å². The van der Waals surface area contributed by atoms with Crippen LogP contribution in [0.2, 0.25) is 0 Å².